The lowest BCUT2D eigenvalue weighted by molar-refractivity contribution is 0.219. The van der Waals surface area contributed by atoms with Gasteiger partial charge in [0, 0.05) is 18.8 Å². The van der Waals surface area contributed by atoms with Crippen LogP contribution < -0.4 is 4.90 Å². The Morgan fingerprint density at radius 3 is 2.48 bits per heavy atom. The topological polar surface area (TPSA) is 40.6 Å². The molecule has 0 aromatic heterocycles. The van der Waals surface area contributed by atoms with E-state index in [2.05, 4.69) is 64.3 Å². The first kappa shape index (κ1) is 20.5. The number of piperidine rings is 1. The van der Waals surface area contributed by atoms with Crippen LogP contribution in [0.5, 0.6) is 0 Å². The van der Waals surface area contributed by atoms with E-state index in [-0.39, 0.29) is 5.70 Å². The molecule has 0 radical (unpaired) electrons. The highest BCUT2D eigenvalue weighted by atomic mass is 16.5. The second-order valence-electron chi connectivity index (χ2n) is 7.84. The zero-order valence-corrected chi connectivity index (χ0v) is 17.5. The molecule has 0 aliphatic carbocycles. The van der Waals surface area contributed by atoms with E-state index in [1.807, 2.05) is 18.2 Å². The molecular weight excluding hydrogens is 382 g/mol. The molecule has 2 aliphatic heterocycles. The fraction of sp³-hybridized carbons (Fsp3) is 0.259. The molecule has 2 heterocycles. The minimum absolute atomic E-state index is 0.148. The molecule has 0 spiro atoms. The first-order valence-corrected chi connectivity index (χ1v) is 10.7. The number of ether oxygens (including phenoxy) is 1. The van der Waals surface area contributed by atoms with Gasteiger partial charge in [-0.3, -0.25) is 0 Å². The van der Waals surface area contributed by atoms with Crippen LogP contribution in [0, 0.1) is 17.9 Å². The summed E-state index contributed by atoms with van der Waals surface area (Å²) in [5.41, 5.74) is 4.71. The van der Waals surface area contributed by atoms with Gasteiger partial charge in [0.1, 0.15) is 5.76 Å². The lowest BCUT2D eigenvalue weighted by atomic mass is 9.89. The third kappa shape index (κ3) is 5.05. The Morgan fingerprint density at radius 2 is 1.81 bits per heavy atom. The van der Waals surface area contributed by atoms with Crippen LogP contribution in [0.25, 0.3) is 10.9 Å². The molecule has 0 amide bonds. The number of nitrogens with zero attached hydrogens (tertiary/aromatic N) is 3. The predicted molar refractivity (Wildman–Crippen MR) is 124 cm³/mol. The van der Waals surface area contributed by atoms with Crippen molar-refractivity contribution < 1.29 is 4.74 Å². The number of hydrogen-bond acceptors (Lipinski definition) is 3. The quantitative estimate of drug-likeness (QED) is 0.455. The van der Waals surface area contributed by atoms with Gasteiger partial charge in [-0.05, 0) is 66.2 Å². The summed E-state index contributed by atoms with van der Waals surface area (Å²) in [5, 5.41) is 9.06. The van der Waals surface area contributed by atoms with E-state index < -0.39 is 0 Å². The summed E-state index contributed by atoms with van der Waals surface area (Å²) in [6.07, 6.45) is 8.66. The summed E-state index contributed by atoms with van der Waals surface area (Å²) in [6.45, 7) is 9.75. The van der Waals surface area contributed by atoms with E-state index in [1.165, 1.54) is 24.1 Å². The highest BCUT2D eigenvalue weighted by Crippen LogP contribution is 2.30. The van der Waals surface area contributed by atoms with Crippen molar-refractivity contribution in [2.45, 2.75) is 25.2 Å². The smallest absolute Gasteiger partial charge is 0.265 e. The largest absolute Gasteiger partial charge is 0.493 e. The molecule has 2 aliphatic rings. The number of rotatable bonds is 4. The molecule has 4 nitrogen and oxygen atoms in total. The number of nitriles is 1. The fourth-order valence-corrected chi connectivity index (χ4v) is 4.19. The third-order valence-corrected chi connectivity index (χ3v) is 5.94. The average Bonchev–Trinajstić information content (AvgIpc) is 2.85. The van der Waals surface area contributed by atoms with Crippen molar-refractivity contribution in [2.24, 2.45) is 0 Å². The molecule has 2 aromatic rings. The minimum atomic E-state index is 0.148. The SMILES string of the molecule is [C-]#[N+]C(C#N)=C1C=C(C=Cc2ccc(N3CCC(c4ccccc4)CC3)cc2)OCC1. The van der Waals surface area contributed by atoms with Crippen molar-refractivity contribution in [1.82, 2.24) is 0 Å². The minimum Gasteiger partial charge on any atom is -0.493 e. The van der Waals surface area contributed by atoms with Gasteiger partial charge < -0.3 is 9.64 Å². The van der Waals surface area contributed by atoms with Crippen LogP contribution in [0.15, 0.2) is 83.8 Å². The van der Waals surface area contributed by atoms with Gasteiger partial charge in [0.2, 0.25) is 0 Å². The Morgan fingerprint density at radius 1 is 1.06 bits per heavy atom. The van der Waals surface area contributed by atoms with Crippen LogP contribution in [-0.2, 0) is 4.74 Å². The van der Waals surface area contributed by atoms with E-state index in [0.29, 0.717) is 24.7 Å². The van der Waals surface area contributed by atoms with Crippen molar-refractivity contribution in [3.05, 3.63) is 106 Å². The van der Waals surface area contributed by atoms with Crippen molar-refractivity contribution in [3.63, 3.8) is 0 Å². The number of allylic oxidation sites excluding steroid dienone is 3. The standard InChI is InChI=1S/C27H25N3O/c1-29-27(20-28)24-15-18-31-26(19-24)12-9-21-7-10-25(11-8-21)30-16-13-23(14-17-30)22-5-3-2-4-6-22/h2-12,19,23H,13-18H2. The summed E-state index contributed by atoms with van der Waals surface area (Å²) in [4.78, 5) is 5.76. The molecule has 4 rings (SSSR count). The average molecular weight is 408 g/mol. The van der Waals surface area contributed by atoms with Crippen LogP contribution in [-0.4, -0.2) is 19.7 Å². The number of benzene rings is 2. The lowest BCUT2D eigenvalue weighted by Gasteiger charge is -2.34. The van der Waals surface area contributed by atoms with Gasteiger partial charge >= 0.3 is 0 Å². The maximum Gasteiger partial charge on any atom is 0.265 e. The van der Waals surface area contributed by atoms with Crippen molar-refractivity contribution >= 4 is 11.8 Å². The Kier molecular flexibility index (Phi) is 6.50. The summed E-state index contributed by atoms with van der Waals surface area (Å²) in [7, 11) is 0. The first-order chi connectivity index (χ1) is 15.3. The van der Waals surface area contributed by atoms with E-state index in [9.17, 15) is 0 Å². The summed E-state index contributed by atoms with van der Waals surface area (Å²) in [6, 6.07) is 21.4. The molecule has 1 saturated heterocycles. The van der Waals surface area contributed by atoms with Gasteiger partial charge in [-0.1, -0.05) is 48.5 Å². The number of hydrogen-bond donors (Lipinski definition) is 0. The van der Waals surface area contributed by atoms with E-state index in [0.717, 1.165) is 24.2 Å². The Labute approximate surface area is 184 Å². The highest BCUT2D eigenvalue weighted by molar-refractivity contribution is 5.58. The van der Waals surface area contributed by atoms with Gasteiger partial charge in [-0.15, -0.1) is 0 Å². The second kappa shape index (κ2) is 9.83. The van der Waals surface area contributed by atoms with Crippen LogP contribution in [0.3, 0.4) is 0 Å². The van der Waals surface area contributed by atoms with Crippen molar-refractivity contribution in [1.29, 1.82) is 5.26 Å². The highest BCUT2D eigenvalue weighted by Gasteiger charge is 2.20. The molecular formula is C27H25N3O. The van der Waals surface area contributed by atoms with E-state index in [1.54, 1.807) is 6.08 Å². The molecule has 0 saturated carbocycles. The van der Waals surface area contributed by atoms with Crippen LogP contribution >= 0.6 is 0 Å². The van der Waals surface area contributed by atoms with Crippen molar-refractivity contribution in [2.75, 3.05) is 24.6 Å². The normalized spacial score (nSPS) is 18.6. The molecule has 154 valence electrons. The van der Waals surface area contributed by atoms with Crippen LogP contribution in [0.2, 0.25) is 0 Å². The molecule has 4 heteroatoms. The molecule has 2 aromatic carbocycles. The van der Waals surface area contributed by atoms with Gasteiger partial charge in [-0.2, -0.15) is 0 Å². The Hall–Kier alpha value is -3.76. The molecule has 0 N–H and O–H groups in total. The second-order valence-corrected chi connectivity index (χ2v) is 7.84. The maximum atomic E-state index is 9.06. The van der Waals surface area contributed by atoms with E-state index in [4.69, 9.17) is 16.6 Å². The molecule has 31 heavy (non-hydrogen) atoms. The predicted octanol–water partition coefficient (Wildman–Crippen LogP) is 6.08. The van der Waals surface area contributed by atoms with Gasteiger partial charge in [0.25, 0.3) is 5.70 Å². The van der Waals surface area contributed by atoms with E-state index >= 15 is 0 Å². The molecule has 1 fully saturated rings. The maximum absolute atomic E-state index is 9.06. The Bertz CT molecular complexity index is 1060. The fourth-order valence-electron chi connectivity index (χ4n) is 4.19. The van der Waals surface area contributed by atoms with Gasteiger partial charge in [0.05, 0.1) is 19.2 Å². The van der Waals surface area contributed by atoms with Crippen LogP contribution in [0.1, 0.15) is 36.3 Å². The molecule has 0 unspecified atom stereocenters. The molecule has 0 atom stereocenters. The summed E-state index contributed by atoms with van der Waals surface area (Å²) in [5.74, 6) is 1.34. The van der Waals surface area contributed by atoms with Crippen LogP contribution in [0.4, 0.5) is 5.69 Å². The first-order valence-electron chi connectivity index (χ1n) is 10.7. The zero-order chi connectivity index (χ0) is 21.5. The third-order valence-electron chi connectivity index (χ3n) is 5.94. The Balaban J connectivity index is 1.37. The summed E-state index contributed by atoms with van der Waals surface area (Å²) >= 11 is 0. The summed E-state index contributed by atoms with van der Waals surface area (Å²) < 4.78 is 5.65. The lowest BCUT2D eigenvalue weighted by Crippen LogP contribution is -2.32. The van der Waals surface area contributed by atoms with Crippen molar-refractivity contribution in [3.8, 4) is 6.07 Å². The monoisotopic (exact) mass is 407 g/mol. The van der Waals surface area contributed by atoms with Gasteiger partial charge in [0.15, 0.2) is 0 Å². The number of anilines is 1. The van der Waals surface area contributed by atoms with Gasteiger partial charge in [-0.25, -0.2) is 10.1 Å². The molecule has 0 bridgehead atoms. The zero-order valence-electron chi connectivity index (χ0n) is 17.5.